The highest BCUT2D eigenvalue weighted by atomic mass is 16.3. The number of hydrogen-bond acceptors (Lipinski definition) is 3. The minimum Gasteiger partial charge on any atom is -0.391 e. The molecule has 3 rings (SSSR count). The Morgan fingerprint density at radius 1 is 1.09 bits per heavy atom. The lowest BCUT2D eigenvalue weighted by Crippen LogP contribution is -2.56. The smallest absolute Gasteiger partial charge is 0.232 e. The topological polar surface area (TPSA) is 43.8 Å². The second kappa shape index (κ2) is 6.62. The molecule has 1 aromatic carbocycles. The molecule has 0 unspecified atom stereocenters. The third-order valence-electron chi connectivity index (χ3n) is 5.54. The van der Waals surface area contributed by atoms with Crippen LogP contribution in [0.25, 0.3) is 0 Å². The normalized spacial score (nSPS) is 26.5. The number of benzene rings is 1. The molecule has 1 aromatic rings. The molecule has 0 aromatic heterocycles. The Balaban J connectivity index is 1.62. The second-order valence-electron chi connectivity index (χ2n) is 7.38. The first-order chi connectivity index (χ1) is 11.0. The standard InChI is InChI=1S/C19H28N2O2/c1-19(2,15-7-4-3-5-8-15)18(23)21-13-11-20(12-14-21)16-9-6-10-17(16)22/h3-5,7-8,16-17,22H,6,9-14H2,1-2H3/t16-,17-/m1/s1. The van der Waals surface area contributed by atoms with Crippen molar-refractivity contribution >= 4 is 5.91 Å². The fraction of sp³-hybridized carbons (Fsp3) is 0.632. The zero-order chi connectivity index (χ0) is 16.4. The van der Waals surface area contributed by atoms with Gasteiger partial charge in [-0.1, -0.05) is 30.3 Å². The molecule has 4 nitrogen and oxygen atoms in total. The molecule has 1 saturated carbocycles. The highest BCUT2D eigenvalue weighted by Gasteiger charge is 2.37. The maximum Gasteiger partial charge on any atom is 0.232 e. The Morgan fingerprint density at radius 3 is 2.30 bits per heavy atom. The summed E-state index contributed by atoms with van der Waals surface area (Å²) in [5.74, 6) is 0.204. The third-order valence-corrected chi connectivity index (χ3v) is 5.54. The first-order valence-electron chi connectivity index (χ1n) is 8.77. The van der Waals surface area contributed by atoms with Crippen molar-refractivity contribution in [3.63, 3.8) is 0 Å². The number of carbonyl (C=O) groups is 1. The van der Waals surface area contributed by atoms with Crippen LogP contribution >= 0.6 is 0 Å². The molecule has 2 fully saturated rings. The van der Waals surface area contributed by atoms with Crippen LogP contribution in [-0.4, -0.2) is 59.1 Å². The molecule has 2 aliphatic rings. The van der Waals surface area contributed by atoms with Crippen LogP contribution in [0.5, 0.6) is 0 Å². The molecule has 0 bridgehead atoms. The summed E-state index contributed by atoms with van der Waals surface area (Å²) in [5.41, 5.74) is 0.578. The van der Waals surface area contributed by atoms with E-state index in [2.05, 4.69) is 4.90 Å². The number of aliphatic hydroxyl groups is 1. The summed E-state index contributed by atoms with van der Waals surface area (Å²) in [5, 5.41) is 10.1. The maximum absolute atomic E-state index is 13.0. The Bertz CT molecular complexity index is 536. The Morgan fingerprint density at radius 2 is 1.74 bits per heavy atom. The molecule has 4 heteroatoms. The molecule has 23 heavy (non-hydrogen) atoms. The number of amides is 1. The first kappa shape index (κ1) is 16.5. The van der Waals surface area contributed by atoms with E-state index in [0.717, 1.165) is 51.0 Å². The second-order valence-corrected chi connectivity index (χ2v) is 7.38. The predicted octanol–water partition coefficient (Wildman–Crippen LogP) is 2.02. The highest BCUT2D eigenvalue weighted by Crippen LogP contribution is 2.28. The van der Waals surface area contributed by atoms with Gasteiger partial charge in [0.15, 0.2) is 0 Å². The van der Waals surface area contributed by atoms with Crippen molar-refractivity contribution < 1.29 is 9.90 Å². The minimum atomic E-state index is -0.490. The largest absolute Gasteiger partial charge is 0.391 e. The van der Waals surface area contributed by atoms with Gasteiger partial charge in [-0.05, 0) is 38.7 Å². The maximum atomic E-state index is 13.0. The van der Waals surface area contributed by atoms with Gasteiger partial charge in [-0.15, -0.1) is 0 Å². The van der Waals surface area contributed by atoms with Crippen LogP contribution < -0.4 is 0 Å². The summed E-state index contributed by atoms with van der Waals surface area (Å²) in [6, 6.07) is 10.3. The van der Waals surface area contributed by atoms with Gasteiger partial charge in [0.25, 0.3) is 0 Å². The van der Waals surface area contributed by atoms with Crippen LogP contribution in [0, 0.1) is 0 Å². The van der Waals surface area contributed by atoms with Crippen molar-refractivity contribution in [2.75, 3.05) is 26.2 Å². The summed E-state index contributed by atoms with van der Waals surface area (Å²) >= 11 is 0. The molecule has 2 atom stereocenters. The van der Waals surface area contributed by atoms with E-state index in [-0.39, 0.29) is 12.0 Å². The van der Waals surface area contributed by atoms with Gasteiger partial charge in [0.05, 0.1) is 11.5 Å². The van der Waals surface area contributed by atoms with Crippen molar-refractivity contribution in [1.29, 1.82) is 0 Å². The minimum absolute atomic E-state index is 0.182. The first-order valence-corrected chi connectivity index (χ1v) is 8.77. The molecule has 0 spiro atoms. The lowest BCUT2D eigenvalue weighted by Gasteiger charge is -2.41. The van der Waals surface area contributed by atoms with Crippen LogP contribution in [0.1, 0.15) is 38.7 Å². The fourth-order valence-electron chi connectivity index (χ4n) is 3.98. The summed E-state index contributed by atoms with van der Waals surface area (Å²) in [6.07, 6.45) is 2.94. The number of aliphatic hydroxyl groups excluding tert-OH is 1. The number of piperazine rings is 1. The van der Waals surface area contributed by atoms with Crippen LogP contribution in [0.2, 0.25) is 0 Å². The van der Waals surface area contributed by atoms with Gasteiger partial charge < -0.3 is 10.0 Å². The summed E-state index contributed by atoms with van der Waals surface area (Å²) in [7, 11) is 0. The monoisotopic (exact) mass is 316 g/mol. The Labute approximate surface area is 139 Å². The molecule has 1 N–H and O–H groups in total. The number of carbonyl (C=O) groups excluding carboxylic acids is 1. The van der Waals surface area contributed by atoms with E-state index in [4.69, 9.17) is 0 Å². The molecular formula is C19H28N2O2. The average Bonchev–Trinajstić information content (AvgIpc) is 3.01. The van der Waals surface area contributed by atoms with Gasteiger partial charge in [-0.25, -0.2) is 0 Å². The van der Waals surface area contributed by atoms with Crippen molar-refractivity contribution in [3.8, 4) is 0 Å². The average molecular weight is 316 g/mol. The number of nitrogens with zero attached hydrogens (tertiary/aromatic N) is 2. The van der Waals surface area contributed by atoms with Gasteiger partial charge in [0, 0.05) is 32.2 Å². The van der Waals surface area contributed by atoms with E-state index in [0.29, 0.717) is 6.04 Å². The van der Waals surface area contributed by atoms with Gasteiger partial charge in [-0.3, -0.25) is 9.69 Å². The lowest BCUT2D eigenvalue weighted by molar-refractivity contribution is -0.138. The molecule has 1 heterocycles. The van der Waals surface area contributed by atoms with Gasteiger partial charge in [0.2, 0.25) is 5.91 Å². The zero-order valence-electron chi connectivity index (χ0n) is 14.2. The molecule has 126 valence electrons. The predicted molar refractivity (Wildman–Crippen MR) is 91.3 cm³/mol. The molecular weight excluding hydrogens is 288 g/mol. The Hall–Kier alpha value is -1.39. The van der Waals surface area contributed by atoms with Crippen LogP contribution in [0.15, 0.2) is 30.3 Å². The number of hydrogen-bond donors (Lipinski definition) is 1. The molecule has 1 aliphatic carbocycles. The quantitative estimate of drug-likeness (QED) is 0.928. The molecule has 1 aliphatic heterocycles. The van der Waals surface area contributed by atoms with Crippen molar-refractivity contribution in [2.24, 2.45) is 0 Å². The SMILES string of the molecule is CC(C)(C(=O)N1CCN([C@@H]2CCC[C@H]2O)CC1)c1ccccc1. The van der Waals surface area contributed by atoms with E-state index in [1.54, 1.807) is 0 Å². The van der Waals surface area contributed by atoms with Crippen LogP contribution in [0.3, 0.4) is 0 Å². The van der Waals surface area contributed by atoms with Crippen molar-refractivity contribution in [3.05, 3.63) is 35.9 Å². The van der Waals surface area contributed by atoms with E-state index >= 15 is 0 Å². The van der Waals surface area contributed by atoms with E-state index in [9.17, 15) is 9.90 Å². The summed E-state index contributed by atoms with van der Waals surface area (Å²) < 4.78 is 0. The third kappa shape index (κ3) is 3.29. The van der Waals surface area contributed by atoms with E-state index < -0.39 is 5.41 Å². The van der Waals surface area contributed by atoms with Crippen molar-refractivity contribution in [2.45, 2.75) is 50.7 Å². The fourth-order valence-corrected chi connectivity index (χ4v) is 3.98. The van der Waals surface area contributed by atoms with E-state index in [1.165, 1.54) is 0 Å². The van der Waals surface area contributed by atoms with Crippen molar-refractivity contribution in [1.82, 2.24) is 9.80 Å². The molecule has 1 amide bonds. The van der Waals surface area contributed by atoms with Crippen LogP contribution in [-0.2, 0) is 10.2 Å². The van der Waals surface area contributed by atoms with Gasteiger partial charge in [0.1, 0.15) is 0 Å². The Kier molecular flexibility index (Phi) is 4.74. The lowest BCUT2D eigenvalue weighted by atomic mass is 9.83. The van der Waals surface area contributed by atoms with E-state index in [1.807, 2.05) is 49.1 Å². The summed E-state index contributed by atoms with van der Waals surface area (Å²) in [4.78, 5) is 17.3. The summed E-state index contributed by atoms with van der Waals surface area (Å²) in [6.45, 7) is 7.29. The number of rotatable bonds is 3. The molecule has 0 radical (unpaired) electrons. The van der Waals surface area contributed by atoms with Gasteiger partial charge in [-0.2, -0.15) is 0 Å². The molecule has 1 saturated heterocycles. The highest BCUT2D eigenvalue weighted by molar-refractivity contribution is 5.87. The van der Waals surface area contributed by atoms with Crippen LogP contribution in [0.4, 0.5) is 0 Å². The zero-order valence-corrected chi connectivity index (χ0v) is 14.2. The van der Waals surface area contributed by atoms with Gasteiger partial charge >= 0.3 is 0 Å².